The molecule has 13 heteroatoms. The molecule has 0 aliphatic carbocycles. The minimum Gasteiger partial charge on any atom is -0.369 e. The summed E-state index contributed by atoms with van der Waals surface area (Å²) >= 11 is 0. The SMILES string of the molecule is Cc1c(CN2CCN(c3cccc(C(F)(F)F)c3)CC2)cc(-c2ccccc2)n1NC(=O)c1ccncc1.NNC(=O)c1ccncc1. The number of rotatable bonds is 7. The Labute approximate surface area is 276 Å². The van der Waals surface area contributed by atoms with Crippen LogP contribution in [0, 0.1) is 6.92 Å². The number of hydrogen-bond donors (Lipinski definition) is 3. The van der Waals surface area contributed by atoms with E-state index in [1.165, 1.54) is 24.5 Å². The van der Waals surface area contributed by atoms with Crippen LogP contribution in [0.3, 0.4) is 0 Å². The molecule has 4 N–H and O–H groups in total. The highest BCUT2D eigenvalue weighted by atomic mass is 19.4. The number of pyridine rings is 2. The third-order valence-electron chi connectivity index (χ3n) is 7.96. The van der Waals surface area contributed by atoms with Crippen molar-refractivity contribution in [3.8, 4) is 11.3 Å². The normalized spacial score (nSPS) is 13.3. The Bertz CT molecular complexity index is 1810. The van der Waals surface area contributed by atoms with E-state index >= 15 is 0 Å². The molecule has 4 heterocycles. The number of aromatic nitrogens is 3. The molecule has 0 radical (unpaired) electrons. The van der Waals surface area contributed by atoms with Gasteiger partial charge in [-0.15, -0.1) is 0 Å². The van der Waals surface area contributed by atoms with Crippen molar-refractivity contribution in [1.29, 1.82) is 0 Å². The van der Waals surface area contributed by atoms with Gasteiger partial charge in [0.15, 0.2) is 0 Å². The van der Waals surface area contributed by atoms with Gasteiger partial charge in [0.1, 0.15) is 0 Å². The van der Waals surface area contributed by atoms with Crippen LogP contribution < -0.4 is 21.6 Å². The molecule has 0 spiro atoms. The predicted molar refractivity (Wildman–Crippen MR) is 177 cm³/mol. The molecule has 0 saturated carbocycles. The molecule has 2 aromatic carbocycles. The predicted octanol–water partition coefficient (Wildman–Crippen LogP) is 5.27. The maximum atomic E-state index is 13.2. The standard InChI is InChI=1S/C29H28F3N5O.C6H7N3O/c1-21-24(20-35-14-16-36(17-15-35)26-9-5-8-25(19-26)29(30,31)32)18-27(22-6-3-2-4-7-22)37(21)34-28(38)23-10-12-33-13-11-23;7-9-6(10)5-1-3-8-4-2-5/h2-13,18-19H,14-17,20H2,1H3,(H,34,38);1-4H,7H2,(H,9,10). The lowest BCUT2D eigenvalue weighted by Crippen LogP contribution is -2.46. The quantitative estimate of drug-likeness (QED) is 0.124. The van der Waals surface area contributed by atoms with E-state index in [1.807, 2.05) is 52.3 Å². The number of benzene rings is 2. The van der Waals surface area contributed by atoms with Gasteiger partial charge in [-0.05, 0) is 61.0 Å². The first-order valence-corrected chi connectivity index (χ1v) is 15.2. The van der Waals surface area contributed by atoms with Gasteiger partial charge in [0.05, 0.1) is 11.3 Å². The zero-order chi connectivity index (χ0) is 34.1. The van der Waals surface area contributed by atoms with Crippen LogP contribution in [0.1, 0.15) is 37.5 Å². The van der Waals surface area contributed by atoms with E-state index in [1.54, 1.807) is 42.7 Å². The first kappa shape index (κ1) is 33.8. The van der Waals surface area contributed by atoms with Gasteiger partial charge in [0, 0.05) is 85.6 Å². The lowest BCUT2D eigenvalue weighted by molar-refractivity contribution is -0.137. The number of halogens is 3. The summed E-state index contributed by atoms with van der Waals surface area (Å²) in [6.45, 7) is 5.33. The van der Waals surface area contributed by atoms with Crippen LogP contribution >= 0.6 is 0 Å². The van der Waals surface area contributed by atoms with Crippen LogP contribution in [0.15, 0.2) is 110 Å². The van der Waals surface area contributed by atoms with Crippen molar-refractivity contribution >= 4 is 17.5 Å². The van der Waals surface area contributed by atoms with Crippen molar-refractivity contribution in [3.63, 3.8) is 0 Å². The third-order valence-corrected chi connectivity index (χ3v) is 7.96. The second kappa shape index (κ2) is 15.4. The minimum absolute atomic E-state index is 0.232. The Morgan fingerprint density at radius 3 is 1.98 bits per heavy atom. The van der Waals surface area contributed by atoms with Crippen LogP contribution in [0.4, 0.5) is 18.9 Å². The van der Waals surface area contributed by atoms with Crippen LogP contribution in [-0.4, -0.2) is 57.5 Å². The first-order chi connectivity index (χ1) is 23.1. The summed E-state index contributed by atoms with van der Waals surface area (Å²) in [5.74, 6) is 4.35. The van der Waals surface area contributed by atoms with Crippen molar-refractivity contribution in [2.24, 2.45) is 5.84 Å². The molecule has 48 heavy (non-hydrogen) atoms. The largest absolute Gasteiger partial charge is 0.416 e. The van der Waals surface area contributed by atoms with Gasteiger partial charge in [0.25, 0.3) is 11.8 Å². The van der Waals surface area contributed by atoms with Gasteiger partial charge in [-0.3, -0.25) is 40.0 Å². The molecule has 2 amide bonds. The zero-order valence-corrected chi connectivity index (χ0v) is 26.2. The van der Waals surface area contributed by atoms with Crippen molar-refractivity contribution < 1.29 is 22.8 Å². The second-order valence-electron chi connectivity index (χ2n) is 11.0. The number of nitrogens with one attached hydrogen (secondary N) is 2. The van der Waals surface area contributed by atoms with Crippen molar-refractivity contribution in [2.45, 2.75) is 19.6 Å². The van der Waals surface area contributed by atoms with Gasteiger partial charge in [-0.25, -0.2) is 5.84 Å². The highest BCUT2D eigenvalue weighted by Crippen LogP contribution is 2.32. The first-order valence-electron chi connectivity index (χ1n) is 15.2. The molecule has 0 bridgehead atoms. The highest BCUT2D eigenvalue weighted by Gasteiger charge is 2.31. The molecule has 0 atom stereocenters. The fourth-order valence-corrected chi connectivity index (χ4v) is 5.32. The Morgan fingerprint density at radius 1 is 0.792 bits per heavy atom. The Kier molecular flexibility index (Phi) is 10.8. The number of carbonyl (C=O) groups excluding carboxylic acids is 2. The fraction of sp³-hybridized carbons (Fsp3) is 0.200. The molecule has 1 aliphatic rings. The van der Waals surface area contributed by atoms with Gasteiger partial charge >= 0.3 is 6.18 Å². The Morgan fingerprint density at radius 2 is 1.40 bits per heavy atom. The molecular formula is C35H35F3N8O2. The molecule has 5 aromatic rings. The van der Waals surface area contributed by atoms with Gasteiger partial charge in [0.2, 0.25) is 0 Å². The average Bonchev–Trinajstić information content (AvgIpc) is 3.43. The summed E-state index contributed by atoms with van der Waals surface area (Å²) in [5, 5.41) is 0. The van der Waals surface area contributed by atoms with Crippen molar-refractivity contribution in [1.82, 2.24) is 25.0 Å². The smallest absolute Gasteiger partial charge is 0.369 e. The lowest BCUT2D eigenvalue weighted by Gasteiger charge is -2.36. The van der Waals surface area contributed by atoms with Gasteiger partial charge < -0.3 is 4.90 Å². The number of hydrazine groups is 1. The average molecular weight is 657 g/mol. The molecule has 3 aromatic heterocycles. The number of nitrogen functional groups attached to an aromatic ring is 1. The van der Waals surface area contributed by atoms with E-state index < -0.39 is 11.7 Å². The summed E-state index contributed by atoms with van der Waals surface area (Å²) in [7, 11) is 0. The van der Waals surface area contributed by atoms with Crippen LogP contribution in [0.25, 0.3) is 11.3 Å². The number of nitrogens with two attached hydrogens (primary N) is 1. The molecular weight excluding hydrogens is 621 g/mol. The maximum absolute atomic E-state index is 13.2. The topological polar surface area (TPSA) is 121 Å². The monoisotopic (exact) mass is 656 g/mol. The Hall–Kier alpha value is -5.53. The molecule has 0 unspecified atom stereocenters. The van der Waals surface area contributed by atoms with E-state index in [2.05, 4.69) is 26.4 Å². The fourth-order valence-electron chi connectivity index (χ4n) is 5.32. The molecule has 248 valence electrons. The number of nitrogens with zero attached hydrogens (tertiary/aromatic N) is 5. The summed E-state index contributed by atoms with van der Waals surface area (Å²) in [5.41, 5.74) is 9.88. The molecule has 1 saturated heterocycles. The highest BCUT2D eigenvalue weighted by molar-refractivity contribution is 6.00. The zero-order valence-electron chi connectivity index (χ0n) is 26.2. The summed E-state index contributed by atoms with van der Waals surface area (Å²) in [4.78, 5) is 35.7. The van der Waals surface area contributed by atoms with E-state index in [9.17, 15) is 22.8 Å². The number of amides is 2. The van der Waals surface area contributed by atoms with Gasteiger partial charge in [-0.1, -0.05) is 36.4 Å². The number of anilines is 1. The van der Waals surface area contributed by atoms with Crippen LogP contribution in [0.5, 0.6) is 0 Å². The van der Waals surface area contributed by atoms with E-state index in [-0.39, 0.29) is 11.8 Å². The molecule has 10 nitrogen and oxygen atoms in total. The molecule has 6 rings (SSSR count). The number of piperazine rings is 1. The molecule has 1 aliphatic heterocycles. The number of alkyl halides is 3. The molecule has 1 fully saturated rings. The maximum Gasteiger partial charge on any atom is 0.416 e. The summed E-state index contributed by atoms with van der Waals surface area (Å²) in [6.07, 6.45) is 1.88. The number of carbonyl (C=O) groups is 2. The number of hydrogen-bond acceptors (Lipinski definition) is 7. The minimum atomic E-state index is -4.36. The Balaban J connectivity index is 0.000000387. The van der Waals surface area contributed by atoms with E-state index in [4.69, 9.17) is 5.84 Å². The third kappa shape index (κ3) is 8.43. The van der Waals surface area contributed by atoms with Crippen molar-refractivity contribution in [2.75, 3.05) is 36.5 Å². The van der Waals surface area contributed by atoms with E-state index in [0.29, 0.717) is 49.5 Å². The van der Waals surface area contributed by atoms with Gasteiger partial charge in [-0.2, -0.15) is 13.2 Å². The van der Waals surface area contributed by atoms with Crippen LogP contribution in [-0.2, 0) is 12.7 Å². The van der Waals surface area contributed by atoms with Crippen LogP contribution in [0.2, 0.25) is 0 Å². The second-order valence-corrected chi connectivity index (χ2v) is 11.0. The summed E-state index contributed by atoms with van der Waals surface area (Å²) < 4.78 is 41.3. The van der Waals surface area contributed by atoms with E-state index in [0.717, 1.165) is 28.6 Å². The summed E-state index contributed by atoms with van der Waals surface area (Å²) in [6, 6.07) is 24.0. The van der Waals surface area contributed by atoms with Crippen molar-refractivity contribution in [3.05, 3.63) is 138 Å². The lowest BCUT2D eigenvalue weighted by atomic mass is 10.1.